The lowest BCUT2D eigenvalue weighted by Crippen LogP contribution is -2.45. The number of amides is 1. The molecule has 0 saturated carbocycles. The van der Waals surface area contributed by atoms with Crippen LogP contribution in [0.3, 0.4) is 0 Å². The molecule has 0 aromatic rings. The van der Waals surface area contributed by atoms with Crippen LogP contribution in [0.15, 0.2) is 109 Å². The molecule has 9 heteroatoms. The molecular formula is C74H133N2O6P. The highest BCUT2D eigenvalue weighted by atomic mass is 31.2. The maximum Gasteiger partial charge on any atom is 0.268 e. The molecule has 0 heterocycles. The third kappa shape index (κ3) is 66.5. The first-order chi connectivity index (χ1) is 40.5. The number of hydrogen-bond acceptors (Lipinski definition) is 6. The van der Waals surface area contributed by atoms with Crippen molar-refractivity contribution in [2.45, 2.75) is 315 Å². The van der Waals surface area contributed by atoms with Gasteiger partial charge in [-0.25, -0.2) is 0 Å². The zero-order valence-electron chi connectivity index (χ0n) is 54.9. The van der Waals surface area contributed by atoms with E-state index in [1.165, 1.54) is 186 Å². The van der Waals surface area contributed by atoms with Crippen LogP contribution in [0.1, 0.15) is 303 Å². The number of quaternary nitrogens is 1. The van der Waals surface area contributed by atoms with E-state index in [1.54, 1.807) is 6.08 Å². The average molecular weight is 1180 g/mol. The van der Waals surface area contributed by atoms with Crippen molar-refractivity contribution < 1.29 is 32.9 Å². The van der Waals surface area contributed by atoms with E-state index in [9.17, 15) is 19.4 Å². The van der Waals surface area contributed by atoms with Crippen LogP contribution in [0.25, 0.3) is 0 Å². The quantitative estimate of drug-likeness (QED) is 0.0272. The zero-order valence-corrected chi connectivity index (χ0v) is 55.8. The number of aliphatic hydroxyl groups excluding tert-OH is 1. The number of unbranched alkanes of at least 4 members (excludes halogenated alkanes) is 34. The van der Waals surface area contributed by atoms with Gasteiger partial charge in [-0.2, -0.15) is 0 Å². The fourth-order valence-corrected chi connectivity index (χ4v) is 10.6. The molecule has 0 aliphatic carbocycles. The summed E-state index contributed by atoms with van der Waals surface area (Å²) < 4.78 is 23.5. The van der Waals surface area contributed by atoms with E-state index in [1.807, 2.05) is 27.2 Å². The number of nitrogens with zero attached hydrogens (tertiary/aromatic N) is 1. The first-order valence-electron chi connectivity index (χ1n) is 34.7. The Kier molecular flexibility index (Phi) is 61.5. The highest BCUT2D eigenvalue weighted by molar-refractivity contribution is 7.45. The average Bonchev–Trinajstić information content (AvgIpc) is 3.49. The fraction of sp³-hybridized carbons (Fsp3) is 0.743. The molecule has 0 rings (SSSR count). The van der Waals surface area contributed by atoms with Crippen LogP contribution >= 0.6 is 7.82 Å². The number of phosphoric acid groups is 1. The second kappa shape index (κ2) is 63.7. The highest BCUT2D eigenvalue weighted by Gasteiger charge is 2.23. The Bertz CT molecular complexity index is 1720. The third-order valence-corrected chi connectivity index (χ3v) is 16.2. The first-order valence-corrected chi connectivity index (χ1v) is 36.2. The Morgan fingerprint density at radius 3 is 1.07 bits per heavy atom. The van der Waals surface area contributed by atoms with Crippen molar-refractivity contribution in [3.8, 4) is 0 Å². The standard InChI is InChI=1S/C74H133N2O6P/c1-6-8-10-12-14-16-18-20-22-24-26-28-30-32-34-35-36-37-38-39-40-41-42-44-46-48-50-52-54-56-58-60-62-64-66-68-74(78)75-72(71-82-83(79,80)81-70-69-76(3,4)5)73(77)67-65-63-61-59-57-55-53-51-49-47-45-43-33-31-29-27-25-23-21-19-17-15-13-11-9-7-2/h8,10,14,16,20,22,26,28,32,34,36-37,39-40,42,44,65,67,72-73,77H,6-7,9,11-13,15,17-19,21,23-25,27,29-31,33,35,38,41,43,45-64,66,68-71H2,1-5H3,(H-,75,78,79,80)/b10-8-,16-14-,22-20-,28-26-,34-32-,37-36-,40-39-,44-42-,67-65+. The number of nitrogens with one attached hydrogen (secondary N) is 1. The molecule has 3 unspecified atom stereocenters. The number of likely N-dealkylation sites (N-methyl/N-ethyl adjacent to an activating group) is 1. The molecule has 0 aromatic carbocycles. The number of phosphoric ester groups is 1. The van der Waals surface area contributed by atoms with Crippen molar-refractivity contribution in [2.24, 2.45) is 0 Å². The summed E-state index contributed by atoms with van der Waals surface area (Å²) in [7, 11) is 1.25. The van der Waals surface area contributed by atoms with E-state index in [0.717, 1.165) is 96.3 Å². The molecule has 0 aliphatic heterocycles. The van der Waals surface area contributed by atoms with Gasteiger partial charge < -0.3 is 28.8 Å². The summed E-state index contributed by atoms with van der Waals surface area (Å²) in [6.45, 7) is 4.56. The van der Waals surface area contributed by atoms with Gasteiger partial charge >= 0.3 is 0 Å². The van der Waals surface area contributed by atoms with Gasteiger partial charge in [-0.1, -0.05) is 322 Å². The maximum absolute atomic E-state index is 13.0. The minimum Gasteiger partial charge on any atom is -0.756 e. The number of carbonyl (C=O) groups excluding carboxylic acids is 1. The van der Waals surface area contributed by atoms with Crippen LogP contribution in [0.2, 0.25) is 0 Å². The van der Waals surface area contributed by atoms with E-state index >= 15 is 0 Å². The molecule has 1 amide bonds. The summed E-state index contributed by atoms with van der Waals surface area (Å²) >= 11 is 0. The minimum atomic E-state index is -4.61. The van der Waals surface area contributed by atoms with E-state index in [0.29, 0.717) is 17.4 Å². The van der Waals surface area contributed by atoms with Gasteiger partial charge in [0.15, 0.2) is 0 Å². The van der Waals surface area contributed by atoms with E-state index in [4.69, 9.17) is 9.05 Å². The topological polar surface area (TPSA) is 108 Å². The molecule has 0 spiro atoms. The number of allylic oxidation sites excluding steroid dienone is 17. The number of hydrogen-bond donors (Lipinski definition) is 2. The SMILES string of the molecule is CC/C=C\C/C=C\C/C=C\C/C=C\C/C=C\C/C=C\C/C=C\C/C=C\CCCCCCCCCCCCC(=O)NC(COP(=O)([O-])OCC[N+](C)(C)C)C(O)/C=C/CCCCCCCCCCCCCCCCCCCCCCCCCC. The first kappa shape index (κ1) is 80.2. The summed E-state index contributed by atoms with van der Waals surface area (Å²) in [5.41, 5.74) is 0. The Morgan fingerprint density at radius 2 is 0.735 bits per heavy atom. The van der Waals surface area contributed by atoms with Crippen molar-refractivity contribution in [3.05, 3.63) is 109 Å². The maximum atomic E-state index is 13.0. The molecule has 2 N–H and O–H groups in total. The van der Waals surface area contributed by atoms with Crippen molar-refractivity contribution in [1.82, 2.24) is 5.32 Å². The lowest BCUT2D eigenvalue weighted by Gasteiger charge is -2.29. The normalized spacial score (nSPS) is 14.3. The largest absolute Gasteiger partial charge is 0.756 e. The predicted octanol–water partition coefficient (Wildman–Crippen LogP) is 21.6. The third-order valence-electron chi connectivity index (χ3n) is 15.2. The lowest BCUT2D eigenvalue weighted by atomic mass is 10.0. The molecular weight excluding hydrogens is 1040 g/mol. The van der Waals surface area contributed by atoms with E-state index in [2.05, 4.69) is 116 Å². The lowest BCUT2D eigenvalue weighted by molar-refractivity contribution is -0.870. The summed E-state index contributed by atoms with van der Waals surface area (Å²) in [4.78, 5) is 25.6. The molecule has 0 bridgehead atoms. The molecule has 0 fully saturated rings. The summed E-state index contributed by atoms with van der Waals surface area (Å²) in [5, 5.41) is 14.0. The van der Waals surface area contributed by atoms with E-state index < -0.39 is 20.0 Å². The van der Waals surface area contributed by atoms with Crippen LogP contribution < -0.4 is 10.2 Å². The molecule has 0 aromatic heterocycles. The molecule has 3 atom stereocenters. The second-order valence-corrected chi connectivity index (χ2v) is 25.9. The van der Waals surface area contributed by atoms with Gasteiger partial charge in [-0.15, -0.1) is 0 Å². The van der Waals surface area contributed by atoms with E-state index in [-0.39, 0.29) is 19.1 Å². The minimum absolute atomic E-state index is 0.00600. The van der Waals surface area contributed by atoms with Gasteiger partial charge in [0, 0.05) is 6.42 Å². The molecule has 480 valence electrons. The highest BCUT2D eigenvalue weighted by Crippen LogP contribution is 2.38. The van der Waals surface area contributed by atoms with Gasteiger partial charge in [-0.3, -0.25) is 9.36 Å². The molecule has 8 nitrogen and oxygen atoms in total. The molecule has 0 aliphatic rings. The second-order valence-electron chi connectivity index (χ2n) is 24.5. The number of aliphatic hydroxyl groups is 1. The monoisotopic (exact) mass is 1180 g/mol. The van der Waals surface area contributed by atoms with Crippen LogP contribution in [-0.2, 0) is 18.4 Å². The van der Waals surface area contributed by atoms with Gasteiger partial charge in [-0.05, 0) is 83.5 Å². The van der Waals surface area contributed by atoms with Crippen LogP contribution in [0, 0.1) is 0 Å². The summed E-state index contributed by atoms with van der Waals surface area (Å²) in [6.07, 6.45) is 93.4. The Morgan fingerprint density at radius 1 is 0.434 bits per heavy atom. The number of rotatable bonds is 63. The van der Waals surface area contributed by atoms with Crippen LogP contribution in [0.4, 0.5) is 0 Å². The van der Waals surface area contributed by atoms with Gasteiger partial charge in [0.25, 0.3) is 7.82 Å². The zero-order chi connectivity index (χ0) is 60.5. The van der Waals surface area contributed by atoms with Gasteiger partial charge in [0.1, 0.15) is 13.2 Å². The summed E-state index contributed by atoms with van der Waals surface area (Å²) in [5.74, 6) is -0.203. The van der Waals surface area contributed by atoms with Gasteiger partial charge in [0.2, 0.25) is 5.91 Å². The van der Waals surface area contributed by atoms with Crippen LogP contribution in [0.5, 0.6) is 0 Å². The Balaban J connectivity index is 4.13. The fourth-order valence-electron chi connectivity index (χ4n) is 9.88. The Hall–Kier alpha value is -2.84. The van der Waals surface area contributed by atoms with Crippen LogP contribution in [-0.4, -0.2) is 68.5 Å². The Labute approximate surface area is 514 Å². The molecule has 0 radical (unpaired) electrons. The van der Waals surface area contributed by atoms with Crippen molar-refractivity contribution in [1.29, 1.82) is 0 Å². The van der Waals surface area contributed by atoms with Crippen molar-refractivity contribution in [2.75, 3.05) is 40.9 Å². The van der Waals surface area contributed by atoms with Crippen molar-refractivity contribution >= 4 is 13.7 Å². The van der Waals surface area contributed by atoms with Crippen molar-refractivity contribution in [3.63, 3.8) is 0 Å². The summed E-state index contributed by atoms with van der Waals surface area (Å²) in [6, 6.07) is -0.898. The molecule has 83 heavy (non-hydrogen) atoms. The number of carbonyl (C=O) groups is 1. The predicted molar refractivity (Wildman–Crippen MR) is 362 cm³/mol. The smallest absolute Gasteiger partial charge is 0.268 e. The van der Waals surface area contributed by atoms with Gasteiger partial charge in [0.05, 0.1) is 39.9 Å². The molecule has 0 saturated heterocycles.